The molecular formula is C24H23N3O2S. The standard InChI is InChI=1S/C24H23N3O2S/c1-4-26-23(28)22(30-24(26)25-18-10-12-21(29-3)13-11-18)16-20-9-6-14-27(20)19-8-5-7-17(2)15-19/h5-16H,4H2,1-3H3/b22-16+,25-24?. The number of hydrogen-bond donors (Lipinski definition) is 0. The summed E-state index contributed by atoms with van der Waals surface area (Å²) >= 11 is 1.40. The van der Waals surface area contributed by atoms with Gasteiger partial charge in [0.25, 0.3) is 5.91 Å². The Kier molecular flexibility index (Phi) is 5.77. The number of ether oxygens (including phenoxy) is 1. The molecule has 2 heterocycles. The minimum absolute atomic E-state index is 0.0215. The number of aliphatic imine (C=N–C) groups is 1. The molecule has 0 bridgehead atoms. The fourth-order valence-electron chi connectivity index (χ4n) is 3.30. The molecular weight excluding hydrogens is 394 g/mol. The second-order valence-corrected chi connectivity index (χ2v) is 7.90. The van der Waals surface area contributed by atoms with Gasteiger partial charge in [-0.3, -0.25) is 9.69 Å². The van der Waals surface area contributed by atoms with E-state index in [1.54, 1.807) is 12.0 Å². The molecule has 6 heteroatoms. The van der Waals surface area contributed by atoms with Gasteiger partial charge in [-0.05, 0) is 85.8 Å². The number of rotatable bonds is 5. The molecule has 1 aliphatic rings. The molecule has 1 saturated heterocycles. The highest BCUT2D eigenvalue weighted by atomic mass is 32.2. The summed E-state index contributed by atoms with van der Waals surface area (Å²) < 4.78 is 7.29. The summed E-state index contributed by atoms with van der Waals surface area (Å²) in [7, 11) is 1.63. The molecule has 4 rings (SSSR count). The van der Waals surface area contributed by atoms with Gasteiger partial charge in [0.15, 0.2) is 5.17 Å². The van der Waals surface area contributed by atoms with E-state index in [-0.39, 0.29) is 5.91 Å². The highest BCUT2D eigenvalue weighted by Gasteiger charge is 2.32. The van der Waals surface area contributed by atoms with Crippen LogP contribution in [0.5, 0.6) is 5.75 Å². The second-order valence-electron chi connectivity index (χ2n) is 6.89. The van der Waals surface area contributed by atoms with Crippen LogP contribution in [0, 0.1) is 6.92 Å². The normalized spacial score (nSPS) is 16.6. The van der Waals surface area contributed by atoms with Crippen molar-refractivity contribution in [1.82, 2.24) is 9.47 Å². The third-order valence-electron chi connectivity index (χ3n) is 4.84. The molecule has 3 aromatic rings. The van der Waals surface area contributed by atoms with Gasteiger partial charge in [0, 0.05) is 24.1 Å². The minimum Gasteiger partial charge on any atom is -0.497 e. The number of hydrogen-bond acceptors (Lipinski definition) is 4. The van der Waals surface area contributed by atoms with Crippen LogP contribution in [0.1, 0.15) is 18.2 Å². The number of carbonyl (C=O) groups excluding carboxylic acids is 1. The molecule has 1 amide bonds. The van der Waals surface area contributed by atoms with Gasteiger partial charge in [-0.25, -0.2) is 4.99 Å². The van der Waals surface area contributed by atoms with Crippen molar-refractivity contribution in [1.29, 1.82) is 0 Å². The number of nitrogens with zero attached hydrogens (tertiary/aromatic N) is 3. The van der Waals surface area contributed by atoms with E-state index in [4.69, 9.17) is 4.74 Å². The molecule has 2 aromatic carbocycles. The first-order valence-electron chi connectivity index (χ1n) is 9.77. The maximum absolute atomic E-state index is 13.0. The Morgan fingerprint density at radius 3 is 2.60 bits per heavy atom. The maximum atomic E-state index is 13.0. The summed E-state index contributed by atoms with van der Waals surface area (Å²) in [6, 6.07) is 19.8. The number of aryl methyl sites for hydroxylation is 1. The topological polar surface area (TPSA) is 46.8 Å². The van der Waals surface area contributed by atoms with Crippen molar-refractivity contribution < 1.29 is 9.53 Å². The van der Waals surface area contributed by atoms with E-state index in [0.29, 0.717) is 16.6 Å². The van der Waals surface area contributed by atoms with Crippen LogP contribution in [0.2, 0.25) is 0 Å². The monoisotopic (exact) mass is 417 g/mol. The highest BCUT2D eigenvalue weighted by Crippen LogP contribution is 2.34. The molecule has 0 aliphatic carbocycles. The molecule has 0 atom stereocenters. The van der Waals surface area contributed by atoms with Crippen molar-refractivity contribution in [3.63, 3.8) is 0 Å². The van der Waals surface area contributed by atoms with Gasteiger partial charge in [-0.15, -0.1) is 0 Å². The van der Waals surface area contributed by atoms with E-state index < -0.39 is 0 Å². The zero-order valence-electron chi connectivity index (χ0n) is 17.2. The smallest absolute Gasteiger partial charge is 0.266 e. The molecule has 0 radical (unpaired) electrons. The number of aromatic nitrogens is 1. The maximum Gasteiger partial charge on any atom is 0.266 e. The molecule has 0 N–H and O–H groups in total. The molecule has 0 saturated carbocycles. The van der Waals surface area contributed by atoms with Crippen LogP contribution in [0.25, 0.3) is 11.8 Å². The number of methoxy groups -OCH3 is 1. The summed E-state index contributed by atoms with van der Waals surface area (Å²) in [5, 5.41) is 0.688. The highest BCUT2D eigenvalue weighted by molar-refractivity contribution is 8.18. The zero-order chi connectivity index (χ0) is 21.1. The molecule has 5 nitrogen and oxygen atoms in total. The fraction of sp³-hybridized carbons (Fsp3) is 0.167. The minimum atomic E-state index is -0.0215. The zero-order valence-corrected chi connectivity index (χ0v) is 18.0. The fourth-order valence-corrected chi connectivity index (χ4v) is 4.34. The van der Waals surface area contributed by atoms with Crippen LogP contribution in [-0.2, 0) is 4.79 Å². The number of benzene rings is 2. The number of amides is 1. The van der Waals surface area contributed by atoms with Gasteiger partial charge in [-0.2, -0.15) is 0 Å². The van der Waals surface area contributed by atoms with Gasteiger partial charge in [0.1, 0.15) is 5.75 Å². The van der Waals surface area contributed by atoms with E-state index in [2.05, 4.69) is 34.7 Å². The molecule has 0 spiro atoms. The SMILES string of the molecule is CCN1C(=O)/C(=C\c2cccn2-c2cccc(C)c2)SC1=Nc1ccc(OC)cc1. The quantitative estimate of drug-likeness (QED) is 0.521. The van der Waals surface area contributed by atoms with Crippen LogP contribution in [0.4, 0.5) is 5.69 Å². The van der Waals surface area contributed by atoms with Crippen molar-refractivity contribution in [2.75, 3.05) is 13.7 Å². The van der Waals surface area contributed by atoms with E-state index in [0.717, 1.165) is 22.8 Å². The average molecular weight is 418 g/mol. The summed E-state index contributed by atoms with van der Waals surface area (Å²) in [5.74, 6) is 0.755. The Hall–Kier alpha value is -3.25. The van der Waals surface area contributed by atoms with Crippen LogP contribution < -0.4 is 4.74 Å². The lowest BCUT2D eigenvalue weighted by molar-refractivity contribution is -0.122. The molecule has 0 unspecified atom stereocenters. The average Bonchev–Trinajstić information content (AvgIpc) is 3.33. The Labute approximate surface area is 180 Å². The van der Waals surface area contributed by atoms with E-state index in [1.165, 1.54) is 17.3 Å². The lowest BCUT2D eigenvalue weighted by Gasteiger charge is -2.12. The van der Waals surface area contributed by atoms with Crippen LogP contribution in [0.15, 0.2) is 76.8 Å². The lowest BCUT2D eigenvalue weighted by Crippen LogP contribution is -2.28. The van der Waals surface area contributed by atoms with Crippen LogP contribution >= 0.6 is 11.8 Å². The first kappa shape index (κ1) is 20.0. The Balaban J connectivity index is 1.66. The van der Waals surface area contributed by atoms with Crippen LogP contribution in [-0.4, -0.2) is 34.2 Å². The third-order valence-corrected chi connectivity index (χ3v) is 5.85. The Morgan fingerprint density at radius 2 is 1.90 bits per heavy atom. The molecule has 30 heavy (non-hydrogen) atoms. The predicted octanol–water partition coefficient (Wildman–Crippen LogP) is 5.42. The van der Waals surface area contributed by atoms with E-state index >= 15 is 0 Å². The number of amidine groups is 1. The summed E-state index contributed by atoms with van der Waals surface area (Å²) in [6.07, 6.45) is 3.95. The third kappa shape index (κ3) is 4.04. The Bertz CT molecular complexity index is 1130. The summed E-state index contributed by atoms with van der Waals surface area (Å²) in [4.78, 5) is 20.1. The lowest BCUT2D eigenvalue weighted by atomic mass is 10.2. The summed E-state index contributed by atoms with van der Waals surface area (Å²) in [6.45, 7) is 4.60. The van der Waals surface area contributed by atoms with Crippen molar-refractivity contribution >= 4 is 34.6 Å². The molecule has 1 fully saturated rings. The largest absolute Gasteiger partial charge is 0.497 e. The van der Waals surface area contributed by atoms with Crippen molar-refractivity contribution in [3.8, 4) is 11.4 Å². The van der Waals surface area contributed by atoms with E-state index in [9.17, 15) is 4.79 Å². The van der Waals surface area contributed by atoms with Crippen molar-refractivity contribution in [2.24, 2.45) is 4.99 Å². The van der Waals surface area contributed by atoms with Gasteiger partial charge in [-0.1, -0.05) is 12.1 Å². The molecule has 152 valence electrons. The predicted molar refractivity (Wildman–Crippen MR) is 124 cm³/mol. The van der Waals surface area contributed by atoms with Gasteiger partial charge in [0.05, 0.1) is 17.7 Å². The van der Waals surface area contributed by atoms with Crippen molar-refractivity contribution in [3.05, 3.63) is 83.0 Å². The van der Waals surface area contributed by atoms with Crippen LogP contribution in [0.3, 0.4) is 0 Å². The van der Waals surface area contributed by atoms with Crippen molar-refractivity contribution in [2.45, 2.75) is 13.8 Å². The first-order valence-corrected chi connectivity index (χ1v) is 10.6. The van der Waals surface area contributed by atoms with E-state index in [1.807, 2.05) is 61.7 Å². The number of carbonyl (C=O) groups is 1. The number of thioether (sulfide) groups is 1. The van der Waals surface area contributed by atoms with Gasteiger partial charge in [0.2, 0.25) is 0 Å². The molecule has 1 aromatic heterocycles. The Morgan fingerprint density at radius 1 is 1.10 bits per heavy atom. The molecule has 1 aliphatic heterocycles. The summed E-state index contributed by atoms with van der Waals surface area (Å²) in [5.41, 5.74) is 4.01. The second kappa shape index (κ2) is 8.63. The first-order chi connectivity index (χ1) is 14.6. The van der Waals surface area contributed by atoms with Gasteiger partial charge >= 0.3 is 0 Å². The number of likely N-dealkylation sites (N-methyl/N-ethyl adjacent to an activating group) is 1. The van der Waals surface area contributed by atoms with Gasteiger partial charge < -0.3 is 9.30 Å².